The van der Waals surface area contributed by atoms with Crippen molar-refractivity contribution in [3.8, 4) is 0 Å². The molecule has 0 atom stereocenters. The molecule has 19 heavy (non-hydrogen) atoms. The zero-order chi connectivity index (χ0) is 13.7. The van der Waals surface area contributed by atoms with Crippen LogP contribution in [0.15, 0.2) is 53.6 Å². The number of hydrazone groups is 1. The SMILES string of the molecule is O=[N+]([O-])c1cccc(/C=N\Nc2ccc(F)cc2)c1. The third-order valence-corrected chi connectivity index (χ3v) is 2.33. The number of nitrogens with zero attached hydrogens (tertiary/aromatic N) is 2. The number of benzene rings is 2. The molecule has 0 radical (unpaired) electrons. The highest BCUT2D eigenvalue weighted by molar-refractivity contribution is 5.81. The van der Waals surface area contributed by atoms with Gasteiger partial charge in [0.05, 0.1) is 16.8 Å². The van der Waals surface area contributed by atoms with Gasteiger partial charge in [-0.25, -0.2) is 4.39 Å². The third kappa shape index (κ3) is 3.60. The molecule has 0 aliphatic heterocycles. The number of halogens is 1. The second-order valence-electron chi connectivity index (χ2n) is 3.73. The highest BCUT2D eigenvalue weighted by atomic mass is 19.1. The molecule has 0 fully saturated rings. The summed E-state index contributed by atoms with van der Waals surface area (Å²) >= 11 is 0. The minimum absolute atomic E-state index is 0.00531. The number of nitro benzene ring substituents is 1. The van der Waals surface area contributed by atoms with Crippen LogP contribution in [0.3, 0.4) is 0 Å². The summed E-state index contributed by atoms with van der Waals surface area (Å²) in [6.45, 7) is 0. The first-order valence-electron chi connectivity index (χ1n) is 5.44. The summed E-state index contributed by atoms with van der Waals surface area (Å²) in [6, 6.07) is 11.8. The van der Waals surface area contributed by atoms with Crippen LogP contribution < -0.4 is 5.43 Å². The van der Waals surface area contributed by atoms with Gasteiger partial charge in [0.1, 0.15) is 5.82 Å². The lowest BCUT2D eigenvalue weighted by Gasteiger charge is -1.99. The van der Waals surface area contributed by atoms with E-state index in [2.05, 4.69) is 10.5 Å². The van der Waals surface area contributed by atoms with Gasteiger partial charge in [-0.3, -0.25) is 15.5 Å². The van der Waals surface area contributed by atoms with Crippen LogP contribution in [0, 0.1) is 15.9 Å². The van der Waals surface area contributed by atoms with Crippen molar-refractivity contribution < 1.29 is 9.31 Å². The Hall–Kier alpha value is -2.76. The molecule has 96 valence electrons. The predicted octanol–water partition coefficient (Wildman–Crippen LogP) is 3.18. The lowest BCUT2D eigenvalue weighted by molar-refractivity contribution is -0.384. The topological polar surface area (TPSA) is 67.5 Å². The van der Waals surface area contributed by atoms with Gasteiger partial charge in [-0.2, -0.15) is 5.10 Å². The molecule has 2 rings (SSSR count). The second-order valence-corrected chi connectivity index (χ2v) is 3.73. The van der Waals surface area contributed by atoms with Crippen molar-refractivity contribution in [2.24, 2.45) is 5.10 Å². The van der Waals surface area contributed by atoms with Crippen molar-refractivity contribution in [3.05, 3.63) is 70.0 Å². The van der Waals surface area contributed by atoms with E-state index in [1.165, 1.54) is 30.5 Å². The first kappa shape index (κ1) is 12.7. The Kier molecular flexibility index (Phi) is 3.82. The van der Waals surface area contributed by atoms with Crippen LogP contribution in [-0.4, -0.2) is 11.1 Å². The Morgan fingerprint density at radius 2 is 1.95 bits per heavy atom. The molecule has 0 heterocycles. The molecule has 0 aliphatic carbocycles. The molecular weight excluding hydrogens is 249 g/mol. The van der Waals surface area contributed by atoms with E-state index in [1.807, 2.05) is 0 Å². The molecule has 0 unspecified atom stereocenters. The lowest BCUT2D eigenvalue weighted by Crippen LogP contribution is -1.92. The van der Waals surface area contributed by atoms with Gasteiger partial charge >= 0.3 is 0 Å². The Morgan fingerprint density at radius 1 is 1.21 bits per heavy atom. The number of non-ortho nitro benzene ring substituents is 1. The molecule has 2 aromatic rings. The fourth-order valence-corrected chi connectivity index (χ4v) is 1.42. The Labute approximate surface area is 108 Å². The molecule has 0 spiro atoms. The smallest absolute Gasteiger partial charge is 0.270 e. The Morgan fingerprint density at radius 3 is 2.63 bits per heavy atom. The Balaban J connectivity index is 2.04. The molecule has 5 nitrogen and oxygen atoms in total. The molecule has 0 amide bonds. The average molecular weight is 259 g/mol. The minimum Gasteiger partial charge on any atom is -0.279 e. The van der Waals surface area contributed by atoms with Gasteiger partial charge in [0.2, 0.25) is 0 Å². The van der Waals surface area contributed by atoms with Crippen LogP contribution in [-0.2, 0) is 0 Å². The summed E-state index contributed by atoms with van der Waals surface area (Å²) in [7, 11) is 0. The average Bonchev–Trinajstić information content (AvgIpc) is 2.41. The molecule has 6 heteroatoms. The van der Waals surface area contributed by atoms with Crippen LogP contribution in [0.1, 0.15) is 5.56 Å². The molecule has 0 saturated heterocycles. The normalized spacial score (nSPS) is 10.6. The van der Waals surface area contributed by atoms with Crippen molar-refractivity contribution in [1.29, 1.82) is 0 Å². The van der Waals surface area contributed by atoms with Crippen molar-refractivity contribution >= 4 is 17.6 Å². The molecule has 1 N–H and O–H groups in total. The summed E-state index contributed by atoms with van der Waals surface area (Å²) in [5.74, 6) is -0.326. The highest BCUT2D eigenvalue weighted by Crippen LogP contribution is 2.12. The van der Waals surface area contributed by atoms with Gasteiger partial charge in [0, 0.05) is 17.7 Å². The van der Waals surface area contributed by atoms with Crippen molar-refractivity contribution in [3.63, 3.8) is 0 Å². The van der Waals surface area contributed by atoms with E-state index in [9.17, 15) is 14.5 Å². The minimum atomic E-state index is -0.468. The zero-order valence-electron chi connectivity index (χ0n) is 9.79. The van der Waals surface area contributed by atoms with Crippen molar-refractivity contribution in [2.45, 2.75) is 0 Å². The van der Waals surface area contributed by atoms with Gasteiger partial charge < -0.3 is 0 Å². The second kappa shape index (κ2) is 5.72. The number of rotatable bonds is 4. The molecular formula is C13H10FN3O2. The van der Waals surface area contributed by atoms with Gasteiger partial charge in [-0.05, 0) is 24.3 Å². The number of nitro groups is 1. The standard InChI is InChI=1S/C13H10FN3O2/c14-11-4-6-12(7-5-11)16-15-9-10-2-1-3-13(8-10)17(18)19/h1-9,16H/b15-9-. The van der Waals surface area contributed by atoms with Crippen LogP contribution in [0.4, 0.5) is 15.8 Å². The summed E-state index contributed by atoms with van der Waals surface area (Å²) in [4.78, 5) is 10.1. The summed E-state index contributed by atoms with van der Waals surface area (Å²) < 4.78 is 12.7. The van der Waals surface area contributed by atoms with Gasteiger partial charge in [-0.15, -0.1) is 0 Å². The summed E-state index contributed by atoms with van der Waals surface area (Å²) in [5.41, 5.74) is 3.94. The van der Waals surface area contributed by atoms with Crippen molar-refractivity contribution in [1.82, 2.24) is 0 Å². The van der Waals surface area contributed by atoms with Crippen molar-refractivity contribution in [2.75, 3.05) is 5.43 Å². The van der Waals surface area contributed by atoms with E-state index >= 15 is 0 Å². The quantitative estimate of drug-likeness (QED) is 0.521. The highest BCUT2D eigenvalue weighted by Gasteiger charge is 2.03. The van der Waals surface area contributed by atoms with Gasteiger partial charge in [0.25, 0.3) is 5.69 Å². The predicted molar refractivity (Wildman–Crippen MR) is 70.7 cm³/mol. The molecule has 0 bridgehead atoms. The number of nitrogens with one attached hydrogen (secondary N) is 1. The van der Waals surface area contributed by atoms with E-state index in [4.69, 9.17) is 0 Å². The fraction of sp³-hybridized carbons (Fsp3) is 0. The maximum Gasteiger partial charge on any atom is 0.270 e. The van der Waals surface area contributed by atoms with Crippen LogP contribution in [0.5, 0.6) is 0 Å². The number of hydrogen-bond acceptors (Lipinski definition) is 4. The molecule has 2 aromatic carbocycles. The van der Waals surface area contributed by atoms with E-state index in [0.717, 1.165) is 0 Å². The third-order valence-electron chi connectivity index (χ3n) is 2.33. The number of hydrogen-bond donors (Lipinski definition) is 1. The first-order chi connectivity index (χ1) is 9.15. The van der Waals surface area contributed by atoms with Gasteiger partial charge in [-0.1, -0.05) is 12.1 Å². The van der Waals surface area contributed by atoms with E-state index < -0.39 is 4.92 Å². The maximum absolute atomic E-state index is 12.7. The molecule has 0 saturated carbocycles. The molecule has 0 aromatic heterocycles. The largest absolute Gasteiger partial charge is 0.279 e. The van der Waals surface area contributed by atoms with E-state index in [1.54, 1.807) is 24.3 Å². The monoisotopic (exact) mass is 259 g/mol. The van der Waals surface area contributed by atoms with E-state index in [-0.39, 0.29) is 11.5 Å². The zero-order valence-corrected chi connectivity index (χ0v) is 9.79. The summed E-state index contributed by atoms with van der Waals surface area (Å²) in [5, 5.41) is 14.5. The maximum atomic E-state index is 12.7. The Bertz CT molecular complexity index is 612. The molecule has 0 aliphatic rings. The summed E-state index contributed by atoms with van der Waals surface area (Å²) in [6.07, 6.45) is 1.45. The van der Waals surface area contributed by atoms with Crippen LogP contribution in [0.25, 0.3) is 0 Å². The van der Waals surface area contributed by atoms with Gasteiger partial charge in [0.15, 0.2) is 0 Å². The first-order valence-corrected chi connectivity index (χ1v) is 5.44. The van der Waals surface area contributed by atoms with Crippen LogP contribution >= 0.6 is 0 Å². The fourth-order valence-electron chi connectivity index (χ4n) is 1.42. The lowest BCUT2D eigenvalue weighted by atomic mass is 10.2. The van der Waals surface area contributed by atoms with E-state index in [0.29, 0.717) is 11.3 Å². The van der Waals surface area contributed by atoms with Crippen LogP contribution in [0.2, 0.25) is 0 Å². The number of anilines is 1.